The summed E-state index contributed by atoms with van der Waals surface area (Å²) in [6.45, 7) is 5.70. The van der Waals surface area contributed by atoms with Gasteiger partial charge < -0.3 is 4.57 Å². The van der Waals surface area contributed by atoms with Crippen LogP contribution in [-0.2, 0) is 25.8 Å². The minimum Gasteiger partial charge on any atom is -0.335 e. The summed E-state index contributed by atoms with van der Waals surface area (Å²) in [7, 11) is 0. The minimum atomic E-state index is 1.10. The van der Waals surface area contributed by atoms with E-state index in [9.17, 15) is 0 Å². The van der Waals surface area contributed by atoms with Crippen LogP contribution in [0.3, 0.4) is 0 Å². The summed E-state index contributed by atoms with van der Waals surface area (Å²) in [6, 6.07) is 10.8. The number of aromatic nitrogens is 2. The van der Waals surface area contributed by atoms with Gasteiger partial charge in [0.15, 0.2) is 0 Å². The molecule has 0 aliphatic rings. The summed E-state index contributed by atoms with van der Waals surface area (Å²) in [5, 5.41) is 0. The van der Waals surface area contributed by atoms with E-state index in [4.69, 9.17) is 4.98 Å². The molecule has 0 atom stereocenters. The molecule has 0 radical (unpaired) electrons. The Hall–Kier alpha value is -1.57. The largest absolute Gasteiger partial charge is 0.335 e. The summed E-state index contributed by atoms with van der Waals surface area (Å²) in [5.41, 5.74) is 2.73. The predicted molar refractivity (Wildman–Crippen MR) is 113 cm³/mol. The molecule has 0 saturated heterocycles. The Kier molecular flexibility index (Phi) is 10.2. The van der Waals surface area contributed by atoms with Gasteiger partial charge in [0.25, 0.3) is 0 Å². The molecule has 0 unspecified atom stereocenters. The van der Waals surface area contributed by atoms with Crippen LogP contribution in [0.5, 0.6) is 0 Å². The zero-order valence-corrected chi connectivity index (χ0v) is 17.1. The zero-order chi connectivity index (χ0) is 18.5. The molecule has 26 heavy (non-hydrogen) atoms. The molecule has 144 valence electrons. The Bertz CT molecular complexity index is 556. The maximum atomic E-state index is 5.00. The molecule has 0 saturated carbocycles. The highest BCUT2D eigenvalue weighted by Gasteiger charge is 2.08. The normalized spacial score (nSPS) is 11.2. The van der Waals surface area contributed by atoms with E-state index in [0.29, 0.717) is 0 Å². The van der Waals surface area contributed by atoms with Gasteiger partial charge in [-0.1, -0.05) is 82.7 Å². The van der Waals surface area contributed by atoms with Crippen molar-refractivity contribution < 1.29 is 0 Å². The molecule has 1 heterocycles. The second-order valence-corrected chi connectivity index (χ2v) is 7.55. The van der Waals surface area contributed by atoms with Gasteiger partial charge in [0.2, 0.25) is 0 Å². The van der Waals surface area contributed by atoms with Gasteiger partial charge in [0.05, 0.1) is 5.69 Å². The lowest BCUT2D eigenvalue weighted by atomic mass is 10.1. The van der Waals surface area contributed by atoms with E-state index in [2.05, 4.69) is 54.9 Å². The molecule has 1 aromatic carbocycles. The Labute approximate surface area is 161 Å². The van der Waals surface area contributed by atoms with Gasteiger partial charge in [-0.3, -0.25) is 0 Å². The average Bonchev–Trinajstić information content (AvgIpc) is 3.05. The first-order chi connectivity index (χ1) is 12.8. The van der Waals surface area contributed by atoms with Gasteiger partial charge in [-0.05, 0) is 37.7 Å². The van der Waals surface area contributed by atoms with E-state index >= 15 is 0 Å². The van der Waals surface area contributed by atoms with E-state index < -0.39 is 0 Å². The predicted octanol–water partition coefficient (Wildman–Crippen LogP) is 6.76. The fourth-order valence-electron chi connectivity index (χ4n) is 3.56. The third kappa shape index (κ3) is 7.76. The van der Waals surface area contributed by atoms with Crippen LogP contribution in [0.4, 0.5) is 0 Å². The van der Waals surface area contributed by atoms with Gasteiger partial charge in [0.1, 0.15) is 5.82 Å². The van der Waals surface area contributed by atoms with Crippen LogP contribution in [0.25, 0.3) is 0 Å². The highest BCUT2D eigenvalue weighted by atomic mass is 15.1. The first-order valence-electron chi connectivity index (χ1n) is 10.9. The van der Waals surface area contributed by atoms with Crippen molar-refractivity contribution in [3.63, 3.8) is 0 Å². The van der Waals surface area contributed by atoms with Gasteiger partial charge in [-0.2, -0.15) is 0 Å². The Balaban J connectivity index is 1.86. The van der Waals surface area contributed by atoms with Crippen LogP contribution in [0.1, 0.15) is 88.7 Å². The highest BCUT2D eigenvalue weighted by molar-refractivity contribution is 5.15. The first kappa shape index (κ1) is 20.7. The smallest absolute Gasteiger partial charge is 0.108 e. The summed E-state index contributed by atoms with van der Waals surface area (Å²) in [5.74, 6) is 1.33. The van der Waals surface area contributed by atoms with Crippen LogP contribution >= 0.6 is 0 Å². The summed E-state index contributed by atoms with van der Waals surface area (Å²) in [6.07, 6.45) is 17.5. The first-order valence-corrected chi connectivity index (χ1v) is 10.9. The Morgan fingerprint density at radius 2 is 1.46 bits per heavy atom. The second-order valence-electron chi connectivity index (χ2n) is 7.55. The van der Waals surface area contributed by atoms with Crippen LogP contribution in [0.2, 0.25) is 0 Å². The number of rotatable bonds is 14. The number of hydrogen-bond donors (Lipinski definition) is 0. The second kappa shape index (κ2) is 12.7. The van der Waals surface area contributed by atoms with Crippen molar-refractivity contribution in [2.24, 2.45) is 0 Å². The number of imidazole rings is 1. The van der Waals surface area contributed by atoms with Crippen LogP contribution in [0.15, 0.2) is 36.5 Å². The lowest BCUT2D eigenvalue weighted by molar-refractivity contribution is 0.553. The van der Waals surface area contributed by atoms with Crippen molar-refractivity contribution >= 4 is 0 Å². The van der Waals surface area contributed by atoms with Crippen molar-refractivity contribution in [1.82, 2.24) is 9.55 Å². The highest BCUT2D eigenvalue weighted by Crippen LogP contribution is 2.14. The molecule has 2 aromatic rings. The fourth-order valence-corrected chi connectivity index (χ4v) is 3.56. The molecule has 0 fully saturated rings. The van der Waals surface area contributed by atoms with Crippen LogP contribution < -0.4 is 0 Å². The molecule has 2 rings (SSSR count). The number of unbranched alkanes of at least 4 members (excludes halogenated alkanes) is 6. The maximum absolute atomic E-state index is 5.00. The number of hydrogen-bond acceptors (Lipinski definition) is 1. The van der Waals surface area contributed by atoms with Gasteiger partial charge >= 0.3 is 0 Å². The third-order valence-corrected chi connectivity index (χ3v) is 5.16. The van der Waals surface area contributed by atoms with Gasteiger partial charge in [-0.25, -0.2) is 4.98 Å². The molecule has 2 nitrogen and oxygen atoms in total. The monoisotopic (exact) mass is 354 g/mol. The average molecular weight is 355 g/mol. The molecular weight excluding hydrogens is 316 g/mol. The third-order valence-electron chi connectivity index (χ3n) is 5.16. The molecule has 0 spiro atoms. The molecule has 0 amide bonds. The Morgan fingerprint density at radius 1 is 0.731 bits per heavy atom. The van der Waals surface area contributed by atoms with E-state index in [1.807, 2.05) is 0 Å². The van der Waals surface area contributed by atoms with Crippen molar-refractivity contribution in [3.05, 3.63) is 53.6 Å². The number of nitrogens with zero attached hydrogens (tertiary/aromatic N) is 2. The van der Waals surface area contributed by atoms with E-state index in [-0.39, 0.29) is 0 Å². The zero-order valence-electron chi connectivity index (χ0n) is 17.1. The number of aryl methyl sites for hydroxylation is 4. The summed E-state index contributed by atoms with van der Waals surface area (Å²) < 4.78 is 2.46. The number of benzene rings is 1. The van der Waals surface area contributed by atoms with E-state index in [1.165, 1.54) is 74.9 Å². The molecule has 0 bridgehead atoms. The summed E-state index contributed by atoms with van der Waals surface area (Å²) >= 11 is 0. The summed E-state index contributed by atoms with van der Waals surface area (Å²) in [4.78, 5) is 5.00. The molecule has 0 N–H and O–H groups in total. The van der Waals surface area contributed by atoms with Crippen LogP contribution in [0, 0.1) is 0 Å². The molecule has 2 heteroatoms. The van der Waals surface area contributed by atoms with Crippen molar-refractivity contribution in [2.75, 3.05) is 0 Å². The van der Waals surface area contributed by atoms with Crippen molar-refractivity contribution in [3.8, 4) is 0 Å². The van der Waals surface area contributed by atoms with Crippen molar-refractivity contribution in [1.29, 1.82) is 0 Å². The van der Waals surface area contributed by atoms with Crippen molar-refractivity contribution in [2.45, 2.75) is 97.4 Å². The van der Waals surface area contributed by atoms with Crippen LogP contribution in [-0.4, -0.2) is 9.55 Å². The Morgan fingerprint density at radius 3 is 2.19 bits per heavy atom. The topological polar surface area (TPSA) is 17.8 Å². The minimum absolute atomic E-state index is 1.10. The van der Waals surface area contributed by atoms with Gasteiger partial charge in [-0.15, -0.1) is 0 Å². The lowest BCUT2D eigenvalue weighted by Gasteiger charge is -2.07. The maximum Gasteiger partial charge on any atom is 0.108 e. The molecule has 0 aliphatic heterocycles. The lowest BCUT2D eigenvalue weighted by Crippen LogP contribution is -2.03. The molecular formula is C24H38N2. The van der Waals surface area contributed by atoms with E-state index in [0.717, 1.165) is 25.8 Å². The van der Waals surface area contributed by atoms with E-state index in [1.54, 1.807) is 0 Å². The SMILES string of the molecule is CCCCCCc1nc(CCCc2ccccc2)cn1CCCCCC. The fraction of sp³-hybridized carbons (Fsp3) is 0.625. The quantitative estimate of drug-likeness (QED) is 0.343. The van der Waals surface area contributed by atoms with Gasteiger partial charge in [0, 0.05) is 19.2 Å². The molecule has 1 aromatic heterocycles. The molecule has 0 aliphatic carbocycles. The standard InChI is InChI=1S/C24H38N2/c1-3-5-7-12-19-24-25-23(21-26(24)20-13-8-6-4-2)18-14-17-22-15-10-9-11-16-22/h9-11,15-16,21H,3-8,12-14,17-20H2,1-2H3.